The van der Waals surface area contributed by atoms with Gasteiger partial charge in [0.05, 0.1) is 23.7 Å². The Kier molecular flexibility index (Phi) is 6.19. The van der Waals surface area contributed by atoms with Crippen molar-refractivity contribution in [3.63, 3.8) is 0 Å². The minimum absolute atomic E-state index is 0.00113. The van der Waals surface area contributed by atoms with E-state index in [1.807, 2.05) is 0 Å². The van der Waals surface area contributed by atoms with Gasteiger partial charge in [-0.15, -0.1) is 0 Å². The minimum Gasteiger partial charge on any atom is -0.483 e. The van der Waals surface area contributed by atoms with Crippen LogP contribution in [0.25, 0.3) is 0 Å². The van der Waals surface area contributed by atoms with Crippen LogP contribution in [0, 0.1) is 0 Å². The number of methoxy groups -OCH3 is 1. The van der Waals surface area contributed by atoms with Gasteiger partial charge in [0, 0.05) is 13.1 Å². The number of carbonyl (C=O) groups is 3. The van der Waals surface area contributed by atoms with E-state index in [4.69, 9.17) is 4.74 Å². The average Bonchev–Trinajstić information content (AvgIpc) is 3.36. The highest BCUT2D eigenvalue weighted by Crippen LogP contribution is 2.26. The van der Waals surface area contributed by atoms with Gasteiger partial charge in [0.1, 0.15) is 5.75 Å². The summed E-state index contributed by atoms with van der Waals surface area (Å²) in [6.45, 7) is -0.204. The number of carbonyl (C=O) groups excluding carboxylic acids is 3. The molecule has 0 bridgehead atoms. The van der Waals surface area contributed by atoms with Crippen LogP contribution in [0.5, 0.6) is 5.75 Å². The predicted octanol–water partition coefficient (Wildman–Crippen LogP) is 1.35. The zero-order valence-corrected chi connectivity index (χ0v) is 15.1. The van der Waals surface area contributed by atoms with Crippen molar-refractivity contribution in [2.45, 2.75) is 18.9 Å². The summed E-state index contributed by atoms with van der Waals surface area (Å²) in [5.41, 5.74) is 0.372. The number of ether oxygens (including phenoxy) is 2. The van der Waals surface area contributed by atoms with Crippen molar-refractivity contribution < 1.29 is 23.9 Å². The third kappa shape index (κ3) is 5.23. The summed E-state index contributed by atoms with van der Waals surface area (Å²) in [6.07, 6.45) is 2.00. The Labute approximate surface area is 148 Å². The molecule has 2 rings (SSSR count). The molecule has 24 heavy (non-hydrogen) atoms. The Hall–Kier alpha value is -2.09. The van der Waals surface area contributed by atoms with Gasteiger partial charge in [-0.05, 0) is 47.0 Å². The number of hydrogen-bond donors (Lipinski definition) is 1. The molecule has 1 saturated carbocycles. The molecule has 8 heteroatoms. The smallest absolute Gasteiger partial charge is 0.337 e. The lowest BCUT2D eigenvalue weighted by molar-refractivity contribution is -0.136. The molecule has 1 N–H and O–H groups in total. The molecule has 0 radical (unpaired) electrons. The van der Waals surface area contributed by atoms with E-state index in [1.165, 1.54) is 12.0 Å². The number of esters is 1. The third-order valence-corrected chi connectivity index (χ3v) is 4.07. The van der Waals surface area contributed by atoms with E-state index in [9.17, 15) is 14.4 Å². The number of halogens is 1. The molecule has 0 aliphatic heterocycles. The third-order valence-electron chi connectivity index (χ3n) is 3.45. The van der Waals surface area contributed by atoms with Crippen LogP contribution in [0.1, 0.15) is 23.2 Å². The molecular weight excluding hydrogens is 380 g/mol. The number of hydrogen-bond acceptors (Lipinski definition) is 5. The molecule has 1 aromatic rings. The number of nitrogens with zero attached hydrogens (tertiary/aromatic N) is 1. The molecule has 0 aromatic heterocycles. The fourth-order valence-corrected chi connectivity index (χ4v) is 2.41. The SMILES string of the molecule is COC(=O)c1ccc(OCC(=O)N(C)CC(=O)NC2CC2)c(Br)c1. The molecule has 7 nitrogen and oxygen atoms in total. The van der Waals surface area contributed by atoms with Crippen molar-refractivity contribution in [2.24, 2.45) is 0 Å². The van der Waals surface area contributed by atoms with E-state index < -0.39 is 5.97 Å². The van der Waals surface area contributed by atoms with Crippen LogP contribution >= 0.6 is 15.9 Å². The fraction of sp³-hybridized carbons (Fsp3) is 0.438. The minimum atomic E-state index is -0.459. The standard InChI is InChI=1S/C16H19BrN2O5/c1-19(8-14(20)18-11-4-5-11)15(21)9-24-13-6-3-10(7-12(13)17)16(22)23-2/h3,6-7,11H,4-5,8-9H2,1-2H3,(H,18,20). The summed E-state index contributed by atoms with van der Waals surface area (Å²) in [6, 6.07) is 4.94. The molecule has 0 saturated heterocycles. The van der Waals surface area contributed by atoms with E-state index >= 15 is 0 Å². The summed E-state index contributed by atoms with van der Waals surface area (Å²) < 4.78 is 10.6. The lowest BCUT2D eigenvalue weighted by Gasteiger charge is -2.17. The highest BCUT2D eigenvalue weighted by atomic mass is 79.9. The maximum absolute atomic E-state index is 12.0. The van der Waals surface area contributed by atoms with Crippen LogP contribution in [0.3, 0.4) is 0 Å². The van der Waals surface area contributed by atoms with E-state index in [0.29, 0.717) is 15.8 Å². The van der Waals surface area contributed by atoms with Crippen molar-refractivity contribution in [1.82, 2.24) is 10.2 Å². The quantitative estimate of drug-likeness (QED) is 0.700. The molecule has 0 spiro atoms. The molecule has 1 aliphatic carbocycles. The van der Waals surface area contributed by atoms with Gasteiger partial charge in [0.2, 0.25) is 5.91 Å². The lowest BCUT2D eigenvalue weighted by atomic mass is 10.2. The Bertz CT molecular complexity index is 645. The number of likely N-dealkylation sites (N-methyl/N-ethyl adjacent to an activating group) is 1. The first kappa shape index (κ1) is 18.3. The number of amides is 2. The lowest BCUT2D eigenvalue weighted by Crippen LogP contribution is -2.40. The second-order valence-corrected chi connectivity index (χ2v) is 6.37. The summed E-state index contributed by atoms with van der Waals surface area (Å²) >= 11 is 3.28. The van der Waals surface area contributed by atoms with Crippen LogP contribution < -0.4 is 10.1 Å². The Balaban J connectivity index is 1.84. The fourth-order valence-electron chi connectivity index (χ4n) is 1.92. The van der Waals surface area contributed by atoms with Gasteiger partial charge in [-0.3, -0.25) is 9.59 Å². The van der Waals surface area contributed by atoms with Gasteiger partial charge >= 0.3 is 5.97 Å². The summed E-state index contributed by atoms with van der Waals surface area (Å²) in [4.78, 5) is 36.4. The van der Waals surface area contributed by atoms with Gasteiger partial charge < -0.3 is 19.7 Å². The Morgan fingerprint density at radius 1 is 1.33 bits per heavy atom. The van der Waals surface area contributed by atoms with Crippen LogP contribution in [-0.4, -0.2) is 56.0 Å². The number of rotatable bonds is 7. The molecule has 1 aromatic carbocycles. The molecule has 0 atom stereocenters. The van der Waals surface area contributed by atoms with Crippen molar-refractivity contribution in [2.75, 3.05) is 27.3 Å². The van der Waals surface area contributed by atoms with Crippen LogP contribution in [0.15, 0.2) is 22.7 Å². The largest absolute Gasteiger partial charge is 0.483 e. The van der Waals surface area contributed by atoms with Crippen molar-refractivity contribution in [3.8, 4) is 5.75 Å². The van der Waals surface area contributed by atoms with Crippen molar-refractivity contribution in [1.29, 1.82) is 0 Å². The first-order valence-electron chi connectivity index (χ1n) is 7.44. The van der Waals surface area contributed by atoms with Crippen LogP contribution in [-0.2, 0) is 14.3 Å². The molecule has 1 aliphatic rings. The molecule has 130 valence electrons. The Morgan fingerprint density at radius 2 is 2.04 bits per heavy atom. The van der Waals surface area contributed by atoms with Gasteiger partial charge in [-0.2, -0.15) is 0 Å². The second kappa shape index (κ2) is 8.14. The van der Waals surface area contributed by atoms with Gasteiger partial charge in [-0.25, -0.2) is 4.79 Å². The topological polar surface area (TPSA) is 84.9 Å². The predicted molar refractivity (Wildman–Crippen MR) is 89.8 cm³/mol. The number of nitrogens with one attached hydrogen (secondary N) is 1. The Morgan fingerprint density at radius 3 is 2.62 bits per heavy atom. The van der Waals surface area contributed by atoms with E-state index in [0.717, 1.165) is 12.8 Å². The molecule has 2 amide bonds. The zero-order chi connectivity index (χ0) is 17.7. The summed E-state index contributed by atoms with van der Waals surface area (Å²) in [5.74, 6) is -0.520. The van der Waals surface area contributed by atoms with Gasteiger partial charge in [-0.1, -0.05) is 0 Å². The van der Waals surface area contributed by atoms with Gasteiger partial charge in [0.15, 0.2) is 6.61 Å². The number of benzene rings is 1. The first-order valence-corrected chi connectivity index (χ1v) is 8.24. The average molecular weight is 399 g/mol. The molecule has 1 fully saturated rings. The normalized spacial score (nSPS) is 13.1. The van der Waals surface area contributed by atoms with E-state index in [-0.39, 0.29) is 31.0 Å². The van der Waals surface area contributed by atoms with Crippen LogP contribution in [0.4, 0.5) is 0 Å². The summed E-state index contributed by atoms with van der Waals surface area (Å²) in [5, 5.41) is 2.82. The van der Waals surface area contributed by atoms with Gasteiger partial charge in [0.25, 0.3) is 5.91 Å². The highest BCUT2D eigenvalue weighted by molar-refractivity contribution is 9.10. The zero-order valence-electron chi connectivity index (χ0n) is 13.5. The van der Waals surface area contributed by atoms with E-state index in [1.54, 1.807) is 25.2 Å². The van der Waals surface area contributed by atoms with Crippen LogP contribution in [0.2, 0.25) is 0 Å². The second-order valence-electron chi connectivity index (χ2n) is 5.52. The summed E-state index contributed by atoms with van der Waals surface area (Å²) in [7, 11) is 2.85. The molecule has 0 heterocycles. The van der Waals surface area contributed by atoms with Crippen molar-refractivity contribution >= 4 is 33.7 Å². The van der Waals surface area contributed by atoms with Crippen molar-refractivity contribution in [3.05, 3.63) is 28.2 Å². The molecule has 0 unspecified atom stereocenters. The highest BCUT2D eigenvalue weighted by Gasteiger charge is 2.24. The van der Waals surface area contributed by atoms with E-state index in [2.05, 4.69) is 26.0 Å². The molecular formula is C16H19BrN2O5. The first-order chi connectivity index (χ1) is 11.4. The monoisotopic (exact) mass is 398 g/mol. The maximum Gasteiger partial charge on any atom is 0.337 e. The maximum atomic E-state index is 12.0.